The summed E-state index contributed by atoms with van der Waals surface area (Å²) in [5.74, 6) is -13.2. The molecule has 3 saturated heterocycles. The van der Waals surface area contributed by atoms with E-state index in [2.05, 4.69) is 105 Å². The monoisotopic (exact) mass is 2280 g/mol. The van der Waals surface area contributed by atoms with E-state index < -0.39 is 222 Å². The zero-order chi connectivity index (χ0) is 109. The molecule has 60 heteroatoms. The third-order valence-electron chi connectivity index (χ3n) is 23.6. The van der Waals surface area contributed by atoms with E-state index in [-0.39, 0.29) is 165 Å². The average Bonchev–Trinajstić information content (AvgIpc) is 0.875. The number of nitrogens with one attached hydrogen (secondary N) is 15. The van der Waals surface area contributed by atoms with Crippen molar-refractivity contribution in [3.8, 4) is 11.5 Å². The van der Waals surface area contributed by atoms with E-state index in [0.29, 0.717) is 87.9 Å². The van der Waals surface area contributed by atoms with Gasteiger partial charge in [0.2, 0.25) is 49.6 Å². The fraction of sp³-hybridized carbons (Fsp3) is 0.478. The Labute approximate surface area is 874 Å². The normalized spacial score (nSPS) is 16.7. The number of carbonyl (C=O) groups excluding carboxylic acids is 11. The molecule has 0 spiro atoms. The summed E-state index contributed by atoms with van der Waals surface area (Å²) in [6.07, 6.45) is 9.54. The first kappa shape index (κ1) is 117. The van der Waals surface area contributed by atoms with E-state index in [9.17, 15) is 117 Å². The van der Waals surface area contributed by atoms with Crippen LogP contribution in [0.15, 0.2) is 120 Å². The van der Waals surface area contributed by atoms with E-state index in [4.69, 9.17) is 18.0 Å². The van der Waals surface area contributed by atoms with Crippen molar-refractivity contribution in [1.82, 2.24) is 116 Å². The number of sulfonamides is 2. The first-order valence-corrected chi connectivity index (χ1v) is 58.1. The van der Waals surface area contributed by atoms with Crippen LogP contribution in [-0.2, 0) is 94.4 Å². The van der Waals surface area contributed by atoms with Crippen LogP contribution in [0.5, 0.6) is 11.5 Å². The predicted octanol–water partition coefficient (Wildman–Crippen LogP) is -0.592. The number of imidazole rings is 2. The van der Waals surface area contributed by atoms with Crippen LogP contribution < -0.4 is 77.4 Å². The van der Waals surface area contributed by atoms with Crippen molar-refractivity contribution in [2.24, 2.45) is 0 Å². The van der Waals surface area contributed by atoms with Gasteiger partial charge >= 0.3 is 210 Å². The van der Waals surface area contributed by atoms with E-state index in [1.165, 1.54) is 64.1 Å². The molecule has 23 N–H and O–H groups in total. The van der Waals surface area contributed by atoms with Crippen LogP contribution in [0.3, 0.4) is 0 Å². The molecule has 2 unspecified atom stereocenters. The fourth-order valence-electron chi connectivity index (χ4n) is 16.4. The number of hydrogen-bond donors (Lipinski definition) is 23. The van der Waals surface area contributed by atoms with Crippen molar-refractivity contribution >= 4 is 175 Å². The maximum absolute atomic E-state index is 14.7. The van der Waals surface area contributed by atoms with Crippen LogP contribution in [0.4, 0.5) is 11.9 Å². The molecule has 3 aliphatic rings. The van der Waals surface area contributed by atoms with Crippen LogP contribution in [0.1, 0.15) is 94.3 Å². The Morgan fingerprint density at radius 3 is 1.29 bits per heavy atom. The number of aromatic nitrogens is 8. The number of benzene rings is 4. The number of fused-ring (bicyclic) bond motifs is 9. The summed E-state index contributed by atoms with van der Waals surface area (Å²) in [4.78, 5) is 196. The SMILES string of the molecule is C=C1CN2CCN3CCN(CC(=O)N[C@@H](CCC(=O)N[C@@H](CS(O)(O)O)C(=O)NCCNC(=O)CCCOc4cc(C)c(S(=O)(=O)N[C@@H](CNC(=O)c5ccc6c(cnn6CCCNc6ncc[nH]6)c5)C(=O)O)c(C)c4)C(=O)N[C@@H](CS(O)(O)O)C(=O)NCCNC(=O)CCCOc4cc(C)c(S(=O)(=O)N[C@@H](CNC(=O)c5ccc6c(cnn6CCCNc6ncc[nH]6)c5)C(=O)O)c(C)c4)CCN(CC2)CC(=O)[O][In]([O]1)[O]C(=O)C3. The van der Waals surface area contributed by atoms with Crippen molar-refractivity contribution < 1.29 is 135 Å². The molecule has 0 saturated carbocycles. The zero-order valence-corrected chi connectivity index (χ0v) is 89.2. The predicted molar refractivity (Wildman–Crippen MR) is 544 cm³/mol. The topological polar surface area (TPSA) is 761 Å². The standard InChI is InChI=1S/C90H129N25O30S4.In/c1-56-40-65(41-57(2)80(56)148(140,141)108-68(87(130)131)48-101-82(125)61-12-15-72-63(44-61)46-103-114(72)28-8-18-95-89-97-24-25-98-89)144-38-6-10-74(117)91-20-22-93-84(127)70(54-146(134,135)136)106-76(119)17-14-67(105-77(120)51-111-32-36-112(52-78(121)122)34-30-110(50-60(5)116)31-35-113(37-33-111)53-79(123)124)86(129)107-71(55-147(137,138)139)85(128)94-23-21-92-75(118)11-7-39-145-66-42-58(3)81(59(4)43-66)149(142,143)109-69(88(132)133)49-102-83(126)62-13-16-73-64(45-62)47-104-115(73)29-9-19-96-90-99-26-27-100-90;/h12-13,15-16,24-27,40-47,67-71,108-109,116,134-139H,5-11,14,17-23,28-39,48-55H2,1-4H3,(H,91,117)(H,92,118)(H,93,127)(H,94,128)(H,101,125)(H,102,126)(H,105,120)(H,106,119)(H,107,129)(H,121,122)(H,123,124)(H,130,131)(H,132,133)(H2,95,97,98)(H2,96,99,100);/q;+3/p-3/t67-,68-,69-,70-,71-;/m0./s1. The van der Waals surface area contributed by atoms with Gasteiger partial charge in [-0.15, -0.1) is 0 Å². The molecule has 0 aliphatic carbocycles. The van der Waals surface area contributed by atoms with Crippen molar-refractivity contribution in [1.29, 1.82) is 0 Å². The first-order chi connectivity index (χ1) is 71.2. The van der Waals surface area contributed by atoms with E-state index in [1.54, 1.807) is 85.5 Å². The zero-order valence-electron chi connectivity index (χ0n) is 82.6. The molecule has 818 valence electrons. The van der Waals surface area contributed by atoms with Crippen molar-refractivity contribution in [3.63, 3.8) is 0 Å². The number of carbonyl (C=O) groups is 13. The van der Waals surface area contributed by atoms with Crippen LogP contribution >= 0.6 is 21.7 Å². The van der Waals surface area contributed by atoms with E-state index in [1.807, 2.05) is 4.90 Å². The van der Waals surface area contributed by atoms with Crippen LogP contribution in [0.2, 0.25) is 0 Å². The second-order valence-electron chi connectivity index (χ2n) is 35.6. The number of ether oxygens (including phenoxy) is 2. The molecule has 8 aromatic rings. The minimum absolute atomic E-state index is 0.0774. The van der Waals surface area contributed by atoms with Gasteiger partial charge in [-0.1, -0.05) is 0 Å². The average molecular weight is 2280 g/mol. The number of hydrogen-bond acceptors (Lipinski definition) is 38. The Balaban J connectivity index is 0.649. The molecule has 3 aliphatic heterocycles. The minimum atomic E-state index is -4.67. The summed E-state index contributed by atoms with van der Waals surface area (Å²) in [7, 11) is -18.4. The third-order valence-corrected chi connectivity index (χ3v) is 32.9. The second kappa shape index (κ2) is 55.7. The molecular formula is C90H126InN25O30S4. The molecule has 7 heterocycles. The summed E-state index contributed by atoms with van der Waals surface area (Å²) in [5.41, 5.74) is 2.48. The van der Waals surface area contributed by atoms with Gasteiger partial charge in [0, 0.05) is 131 Å². The number of carboxylic acid groups (broad SMARTS) is 2. The quantitative estimate of drug-likeness (QED) is 0.0212. The fourth-order valence-corrected chi connectivity index (χ4v) is 24.1. The van der Waals surface area contributed by atoms with Gasteiger partial charge in [-0.2, -0.15) is 19.6 Å². The van der Waals surface area contributed by atoms with E-state index in [0.717, 1.165) is 11.0 Å². The Morgan fingerprint density at radius 2 is 0.873 bits per heavy atom. The second-order valence-corrected chi connectivity index (χ2v) is 45.8. The van der Waals surface area contributed by atoms with Gasteiger partial charge < -0.3 is 110 Å². The number of rotatable bonds is 55. The van der Waals surface area contributed by atoms with Gasteiger partial charge in [0.15, 0.2) is 11.9 Å². The molecule has 0 radical (unpaired) electrons. The number of aromatic amines is 2. The summed E-state index contributed by atoms with van der Waals surface area (Å²) in [6, 6.07) is 5.72. The number of carboxylic acids is 2. The molecule has 4 aromatic carbocycles. The number of anilines is 2. The molecule has 4 bridgehead atoms. The Morgan fingerprint density at radius 1 is 0.467 bits per heavy atom. The number of amides is 9. The van der Waals surface area contributed by atoms with Crippen LogP contribution in [0.25, 0.3) is 21.8 Å². The molecule has 9 amide bonds. The molecule has 7 atom stereocenters. The summed E-state index contributed by atoms with van der Waals surface area (Å²) in [6.45, 7) is 10.4. The number of H-pyrrole nitrogens is 2. The van der Waals surface area contributed by atoms with Gasteiger partial charge in [0.25, 0.3) is 11.8 Å². The first-order valence-electron chi connectivity index (χ1n) is 47.8. The molecule has 11 rings (SSSR count). The molecular weight excluding hydrogens is 2150 g/mol. The Bertz CT molecular complexity index is 6250. The third kappa shape index (κ3) is 37.6. The molecule has 55 nitrogen and oxygen atoms in total. The van der Waals surface area contributed by atoms with Crippen molar-refractivity contribution in [2.45, 2.75) is 132 Å². The van der Waals surface area contributed by atoms with Gasteiger partial charge in [-0.3, -0.25) is 57.3 Å². The molecule has 4 aromatic heterocycles. The van der Waals surface area contributed by atoms with Crippen LogP contribution in [0, 0.1) is 27.7 Å². The van der Waals surface area contributed by atoms with Crippen LogP contribution in [-0.4, -0.2) is 399 Å². The van der Waals surface area contributed by atoms with Crippen molar-refractivity contribution in [3.05, 3.63) is 144 Å². The van der Waals surface area contributed by atoms with Gasteiger partial charge in [-0.25, -0.2) is 26.8 Å². The molecule has 3 fully saturated rings. The van der Waals surface area contributed by atoms with Gasteiger partial charge in [-0.05, 0) is 136 Å². The van der Waals surface area contributed by atoms with Gasteiger partial charge in [0.1, 0.15) is 35.7 Å². The van der Waals surface area contributed by atoms with Gasteiger partial charge in [0.05, 0.1) is 79.7 Å². The Kier molecular flexibility index (Phi) is 43.6. The summed E-state index contributed by atoms with van der Waals surface area (Å²) < 4.78 is 154. The number of aryl methyl sites for hydroxylation is 6. The number of aliphatic carboxylic acids is 2. The maximum atomic E-state index is 14.7. The molecule has 150 heavy (non-hydrogen) atoms. The number of nitrogens with zero attached hydrogens (tertiary/aromatic N) is 10. The van der Waals surface area contributed by atoms with Crippen molar-refractivity contribution in [2.75, 3.05) is 166 Å². The Hall–Kier alpha value is -12.9. The summed E-state index contributed by atoms with van der Waals surface area (Å²) in [5, 5.41) is 58.6. The summed E-state index contributed by atoms with van der Waals surface area (Å²) >= 11 is -4.29. The van der Waals surface area contributed by atoms with E-state index >= 15 is 0 Å².